The predicted octanol–water partition coefficient (Wildman–Crippen LogP) is 1.00. The average molecular weight is 364 g/mol. The van der Waals surface area contributed by atoms with Crippen molar-refractivity contribution in [2.75, 3.05) is 31.6 Å². The first-order valence-corrected chi connectivity index (χ1v) is 9.30. The van der Waals surface area contributed by atoms with Gasteiger partial charge in [-0.2, -0.15) is 9.40 Å². The number of hydrogen-bond donors (Lipinski definition) is 1. The van der Waals surface area contributed by atoms with Crippen molar-refractivity contribution in [2.24, 2.45) is 7.05 Å². The Morgan fingerprint density at radius 1 is 1.28 bits per heavy atom. The zero-order chi connectivity index (χ0) is 18.0. The number of ether oxygens (including phenoxy) is 1. The zero-order valence-corrected chi connectivity index (χ0v) is 14.9. The van der Waals surface area contributed by atoms with Gasteiger partial charge < -0.3 is 10.1 Å². The van der Waals surface area contributed by atoms with E-state index in [1.54, 1.807) is 25.4 Å². The molecular weight excluding hydrogens is 344 g/mol. The number of hydrogen-bond acceptors (Lipinski definition) is 5. The summed E-state index contributed by atoms with van der Waals surface area (Å²) in [5.41, 5.74) is 1.64. The number of sulfonamides is 1. The molecule has 9 heteroatoms. The van der Waals surface area contributed by atoms with Crippen molar-refractivity contribution in [1.29, 1.82) is 0 Å². The van der Waals surface area contributed by atoms with Crippen LogP contribution in [0.3, 0.4) is 0 Å². The molecule has 1 aromatic heterocycles. The molecule has 1 saturated heterocycles. The first-order chi connectivity index (χ1) is 11.9. The lowest BCUT2D eigenvalue weighted by Crippen LogP contribution is -2.40. The lowest BCUT2D eigenvalue weighted by Gasteiger charge is -2.26. The van der Waals surface area contributed by atoms with E-state index in [4.69, 9.17) is 4.74 Å². The van der Waals surface area contributed by atoms with Gasteiger partial charge in [0, 0.05) is 32.0 Å². The fraction of sp³-hybridized carbons (Fsp3) is 0.375. The number of carbonyl (C=O) groups is 1. The Morgan fingerprint density at radius 2 is 2.00 bits per heavy atom. The fourth-order valence-corrected chi connectivity index (χ4v) is 4.00. The smallest absolute Gasteiger partial charge is 0.258 e. The maximum atomic E-state index is 12.8. The largest absolute Gasteiger partial charge is 0.379 e. The van der Waals surface area contributed by atoms with E-state index in [2.05, 4.69) is 10.4 Å². The molecule has 0 atom stereocenters. The van der Waals surface area contributed by atoms with Crippen LogP contribution >= 0.6 is 0 Å². The van der Waals surface area contributed by atoms with Crippen molar-refractivity contribution in [2.45, 2.75) is 11.8 Å². The summed E-state index contributed by atoms with van der Waals surface area (Å²) in [5, 5.41) is 6.72. The highest BCUT2D eigenvalue weighted by Crippen LogP contribution is 2.24. The predicted molar refractivity (Wildman–Crippen MR) is 91.9 cm³/mol. The Balaban J connectivity index is 1.86. The maximum Gasteiger partial charge on any atom is 0.258 e. The normalized spacial score (nSPS) is 15.9. The van der Waals surface area contributed by atoms with Crippen LogP contribution in [-0.2, 0) is 21.8 Å². The maximum absolute atomic E-state index is 12.8. The molecule has 0 saturated carbocycles. The molecule has 1 N–H and O–H groups in total. The molecule has 0 bridgehead atoms. The van der Waals surface area contributed by atoms with Gasteiger partial charge in [-0.3, -0.25) is 9.48 Å². The Bertz CT molecular complexity index is 885. The van der Waals surface area contributed by atoms with Gasteiger partial charge >= 0.3 is 0 Å². The number of carbonyl (C=O) groups excluding carboxylic acids is 1. The van der Waals surface area contributed by atoms with E-state index in [0.29, 0.717) is 37.6 Å². The van der Waals surface area contributed by atoms with E-state index in [-0.39, 0.29) is 10.8 Å². The molecule has 2 aromatic rings. The third-order valence-corrected chi connectivity index (χ3v) is 5.93. The second kappa shape index (κ2) is 6.95. The minimum absolute atomic E-state index is 0.154. The van der Waals surface area contributed by atoms with Gasteiger partial charge in [-0.1, -0.05) is 6.07 Å². The second-order valence-electron chi connectivity index (χ2n) is 5.85. The third-order valence-electron chi connectivity index (χ3n) is 4.03. The van der Waals surface area contributed by atoms with Gasteiger partial charge in [-0.25, -0.2) is 8.42 Å². The van der Waals surface area contributed by atoms with Crippen molar-refractivity contribution in [1.82, 2.24) is 14.1 Å². The van der Waals surface area contributed by atoms with Gasteiger partial charge in [-0.05, 0) is 24.6 Å². The number of nitrogens with one attached hydrogen (secondary N) is 1. The van der Waals surface area contributed by atoms with E-state index in [0.717, 1.165) is 5.56 Å². The van der Waals surface area contributed by atoms with Gasteiger partial charge in [0.15, 0.2) is 0 Å². The van der Waals surface area contributed by atoms with Crippen LogP contribution in [-0.4, -0.2) is 54.7 Å². The molecule has 134 valence electrons. The number of benzene rings is 1. The van der Waals surface area contributed by atoms with Gasteiger partial charge in [0.05, 0.1) is 29.9 Å². The number of amides is 1. The number of anilines is 1. The van der Waals surface area contributed by atoms with Crippen molar-refractivity contribution in [3.63, 3.8) is 0 Å². The van der Waals surface area contributed by atoms with Crippen molar-refractivity contribution in [3.8, 4) is 0 Å². The number of rotatable bonds is 4. The Morgan fingerprint density at radius 3 is 2.64 bits per heavy atom. The molecule has 25 heavy (non-hydrogen) atoms. The topological polar surface area (TPSA) is 93.5 Å². The summed E-state index contributed by atoms with van der Waals surface area (Å²) in [5.74, 6) is -0.336. The molecule has 1 aliphatic rings. The van der Waals surface area contributed by atoms with E-state index in [9.17, 15) is 13.2 Å². The minimum atomic E-state index is -3.61. The molecule has 1 aliphatic heterocycles. The summed E-state index contributed by atoms with van der Waals surface area (Å²) < 4.78 is 33.6. The number of aromatic nitrogens is 2. The second-order valence-corrected chi connectivity index (χ2v) is 7.79. The molecule has 3 rings (SSSR count). The first kappa shape index (κ1) is 17.6. The van der Waals surface area contributed by atoms with Crippen LogP contribution in [0.4, 0.5) is 5.69 Å². The van der Waals surface area contributed by atoms with Gasteiger partial charge in [0.1, 0.15) is 0 Å². The standard InChI is InChI=1S/C16H20N4O4S/c1-12-3-4-14(25(22,23)20-5-7-24-8-6-20)9-15(12)18-16(21)13-10-17-19(2)11-13/h3-4,9-11H,5-8H2,1-2H3,(H,18,21). The van der Waals surface area contributed by atoms with Gasteiger partial charge in [0.2, 0.25) is 10.0 Å². The summed E-state index contributed by atoms with van der Waals surface area (Å²) in [6.45, 7) is 3.23. The van der Waals surface area contributed by atoms with Crippen LogP contribution in [0.15, 0.2) is 35.5 Å². The lowest BCUT2D eigenvalue weighted by molar-refractivity contribution is 0.0730. The summed E-state index contributed by atoms with van der Waals surface area (Å²) in [4.78, 5) is 12.5. The monoisotopic (exact) mass is 364 g/mol. The Labute approximate surface area is 146 Å². The molecule has 0 aliphatic carbocycles. The average Bonchev–Trinajstić information content (AvgIpc) is 3.04. The van der Waals surface area contributed by atoms with E-state index in [1.165, 1.54) is 21.3 Å². The molecule has 0 radical (unpaired) electrons. The summed E-state index contributed by atoms with van der Waals surface area (Å²) in [7, 11) is -1.89. The molecule has 1 amide bonds. The number of aryl methyl sites for hydroxylation is 2. The summed E-state index contributed by atoms with van der Waals surface area (Å²) in [6, 6.07) is 4.74. The quantitative estimate of drug-likeness (QED) is 0.874. The van der Waals surface area contributed by atoms with Crippen LogP contribution in [0.25, 0.3) is 0 Å². The highest BCUT2D eigenvalue weighted by Gasteiger charge is 2.27. The van der Waals surface area contributed by atoms with Crippen LogP contribution in [0.2, 0.25) is 0 Å². The minimum Gasteiger partial charge on any atom is -0.379 e. The highest BCUT2D eigenvalue weighted by atomic mass is 32.2. The third kappa shape index (κ3) is 3.73. The van der Waals surface area contributed by atoms with Crippen molar-refractivity contribution >= 4 is 21.6 Å². The van der Waals surface area contributed by atoms with Crippen molar-refractivity contribution in [3.05, 3.63) is 41.7 Å². The van der Waals surface area contributed by atoms with Gasteiger partial charge in [-0.15, -0.1) is 0 Å². The van der Waals surface area contributed by atoms with Crippen LogP contribution in [0.5, 0.6) is 0 Å². The van der Waals surface area contributed by atoms with Gasteiger partial charge in [0.25, 0.3) is 5.91 Å². The Hall–Kier alpha value is -2.23. The number of morpholine rings is 1. The SMILES string of the molecule is Cc1ccc(S(=O)(=O)N2CCOCC2)cc1NC(=O)c1cnn(C)c1. The van der Waals surface area contributed by atoms with Crippen molar-refractivity contribution < 1.29 is 17.9 Å². The molecule has 8 nitrogen and oxygen atoms in total. The molecule has 1 aromatic carbocycles. The van der Waals surface area contributed by atoms with Crippen LogP contribution < -0.4 is 5.32 Å². The molecule has 0 unspecified atom stereocenters. The van der Waals surface area contributed by atoms with Crippen LogP contribution in [0, 0.1) is 6.92 Å². The lowest BCUT2D eigenvalue weighted by atomic mass is 10.2. The molecular formula is C16H20N4O4S. The fourth-order valence-electron chi connectivity index (χ4n) is 2.57. The molecule has 2 heterocycles. The van der Waals surface area contributed by atoms with E-state index >= 15 is 0 Å². The highest BCUT2D eigenvalue weighted by molar-refractivity contribution is 7.89. The zero-order valence-electron chi connectivity index (χ0n) is 14.1. The van der Waals surface area contributed by atoms with Crippen LogP contribution in [0.1, 0.15) is 15.9 Å². The molecule has 1 fully saturated rings. The van der Waals surface area contributed by atoms with E-state index in [1.807, 2.05) is 6.92 Å². The summed E-state index contributed by atoms with van der Waals surface area (Å²) in [6.07, 6.45) is 3.05. The number of nitrogens with zero attached hydrogens (tertiary/aromatic N) is 3. The Kier molecular flexibility index (Phi) is 4.89. The van der Waals surface area contributed by atoms with E-state index < -0.39 is 10.0 Å². The molecule has 0 spiro atoms. The first-order valence-electron chi connectivity index (χ1n) is 7.86. The summed E-state index contributed by atoms with van der Waals surface area (Å²) >= 11 is 0.